The zero-order valence-corrected chi connectivity index (χ0v) is 28.7. The van der Waals surface area contributed by atoms with Gasteiger partial charge in [-0.1, -0.05) is 104 Å². The van der Waals surface area contributed by atoms with Gasteiger partial charge in [-0.3, -0.25) is 24.0 Å². The summed E-state index contributed by atoms with van der Waals surface area (Å²) in [5.41, 5.74) is 0.120. The number of carboxylic acid groups (broad SMARTS) is 2. The van der Waals surface area contributed by atoms with Crippen molar-refractivity contribution in [2.75, 3.05) is 19.8 Å². The molecule has 47 heavy (non-hydrogen) atoms. The molecular weight excluding hydrogens is 675 g/mol. The van der Waals surface area contributed by atoms with Crippen LogP contribution in [0.4, 0.5) is 0 Å². The van der Waals surface area contributed by atoms with Gasteiger partial charge in [0, 0.05) is 25.1 Å². The van der Waals surface area contributed by atoms with E-state index in [2.05, 4.69) is 16.0 Å². The molecule has 2 aromatic rings. The van der Waals surface area contributed by atoms with Gasteiger partial charge in [0.05, 0.1) is 6.67 Å². The second kappa shape index (κ2) is 20.4. The molecule has 1 heterocycles. The van der Waals surface area contributed by atoms with Gasteiger partial charge in [-0.2, -0.15) is 0 Å². The summed E-state index contributed by atoms with van der Waals surface area (Å²) >= 11 is 14.4. The van der Waals surface area contributed by atoms with Gasteiger partial charge in [0.2, 0.25) is 17.7 Å². The Kier molecular flexibility index (Phi) is 17.8. The molecule has 1 atom stereocenters. The molecule has 0 spiro atoms. The van der Waals surface area contributed by atoms with Crippen molar-refractivity contribution in [3.63, 3.8) is 0 Å². The molecule has 0 aliphatic carbocycles. The number of hydrogen-bond donors (Lipinski definition) is 5. The van der Waals surface area contributed by atoms with Gasteiger partial charge in [-0.15, -0.1) is 0 Å². The van der Waals surface area contributed by atoms with Crippen LogP contribution >= 0.6 is 34.8 Å². The van der Waals surface area contributed by atoms with Crippen LogP contribution in [0.15, 0.2) is 60.7 Å². The van der Waals surface area contributed by atoms with E-state index in [1.54, 1.807) is 35.2 Å². The van der Waals surface area contributed by atoms with E-state index in [-0.39, 0.29) is 43.1 Å². The maximum absolute atomic E-state index is 12.7. The SMILES string of the molecule is CCC1(c2ccccc2)C(=O)NCNC1=O.CCCN(CCC)C(=O)C(CCC(=O)O)NC(=O)c1ccccc1.O=C(O)C(Cl)(Cl)Cl. The van der Waals surface area contributed by atoms with Crippen LogP contribution in [-0.2, 0) is 29.4 Å². The normalized spacial score (nSPS) is 14.0. The quantitative estimate of drug-likeness (QED) is 0.159. The lowest BCUT2D eigenvalue weighted by Crippen LogP contribution is -2.62. The van der Waals surface area contributed by atoms with E-state index in [1.807, 2.05) is 51.1 Å². The minimum absolute atomic E-state index is 0.0800. The maximum Gasteiger partial charge on any atom is 0.356 e. The van der Waals surface area contributed by atoms with E-state index < -0.39 is 27.2 Å². The van der Waals surface area contributed by atoms with Crippen molar-refractivity contribution < 1.29 is 39.0 Å². The highest BCUT2D eigenvalue weighted by atomic mass is 35.6. The molecule has 1 unspecified atom stereocenters. The molecule has 3 rings (SSSR count). The third-order valence-electron chi connectivity index (χ3n) is 6.90. The van der Waals surface area contributed by atoms with Crippen molar-refractivity contribution in [2.45, 2.75) is 68.1 Å². The van der Waals surface area contributed by atoms with E-state index in [0.717, 1.165) is 18.4 Å². The molecule has 5 N–H and O–H groups in total. The first-order valence-electron chi connectivity index (χ1n) is 14.9. The monoisotopic (exact) mass is 714 g/mol. The predicted octanol–water partition coefficient (Wildman–Crippen LogP) is 4.28. The molecule has 12 nitrogen and oxygen atoms in total. The van der Waals surface area contributed by atoms with E-state index in [4.69, 9.17) is 45.0 Å². The lowest BCUT2D eigenvalue weighted by atomic mass is 9.75. The predicted molar refractivity (Wildman–Crippen MR) is 179 cm³/mol. The Morgan fingerprint density at radius 1 is 0.872 bits per heavy atom. The molecule has 2 aromatic carbocycles. The molecule has 0 saturated carbocycles. The summed E-state index contributed by atoms with van der Waals surface area (Å²) < 4.78 is -2.17. The van der Waals surface area contributed by atoms with Gasteiger partial charge in [-0.25, -0.2) is 4.79 Å². The Labute approximate surface area is 289 Å². The van der Waals surface area contributed by atoms with Crippen LogP contribution in [0.25, 0.3) is 0 Å². The largest absolute Gasteiger partial charge is 0.481 e. The summed E-state index contributed by atoms with van der Waals surface area (Å²) in [6.45, 7) is 7.20. The Hall–Kier alpha value is -3.87. The van der Waals surface area contributed by atoms with Gasteiger partial charge in [0.15, 0.2) is 5.41 Å². The number of carbonyl (C=O) groups excluding carboxylic acids is 4. The highest BCUT2D eigenvalue weighted by Gasteiger charge is 2.47. The van der Waals surface area contributed by atoms with Crippen molar-refractivity contribution in [1.29, 1.82) is 0 Å². The van der Waals surface area contributed by atoms with Crippen LogP contribution in [0.1, 0.15) is 68.8 Å². The second-order valence-electron chi connectivity index (χ2n) is 10.3. The number of aliphatic carboxylic acids is 2. The lowest BCUT2D eigenvalue weighted by molar-refractivity contribution is -0.142. The molecule has 1 saturated heterocycles. The zero-order chi connectivity index (χ0) is 35.6. The summed E-state index contributed by atoms with van der Waals surface area (Å²) in [5, 5.41) is 24.8. The minimum atomic E-state index is -2.17. The number of amides is 4. The van der Waals surface area contributed by atoms with Crippen LogP contribution in [0.2, 0.25) is 0 Å². The van der Waals surface area contributed by atoms with E-state index in [1.165, 1.54) is 0 Å². The molecule has 0 radical (unpaired) electrons. The highest BCUT2D eigenvalue weighted by Crippen LogP contribution is 2.30. The van der Waals surface area contributed by atoms with Crippen molar-refractivity contribution in [3.05, 3.63) is 71.8 Å². The summed E-state index contributed by atoms with van der Waals surface area (Å²) in [5.74, 6) is -3.47. The molecule has 258 valence electrons. The number of nitrogens with one attached hydrogen (secondary N) is 3. The number of carbonyl (C=O) groups is 6. The fourth-order valence-electron chi connectivity index (χ4n) is 4.57. The van der Waals surface area contributed by atoms with Crippen LogP contribution in [0.5, 0.6) is 0 Å². The number of carboxylic acids is 2. The van der Waals surface area contributed by atoms with Gasteiger partial charge < -0.3 is 31.1 Å². The van der Waals surface area contributed by atoms with Crippen LogP contribution in [0.3, 0.4) is 0 Å². The Morgan fingerprint density at radius 2 is 1.34 bits per heavy atom. The first-order chi connectivity index (χ1) is 22.1. The smallest absolute Gasteiger partial charge is 0.356 e. The summed E-state index contributed by atoms with van der Waals surface area (Å²) in [4.78, 5) is 71.2. The maximum atomic E-state index is 12.7. The van der Waals surface area contributed by atoms with Gasteiger partial charge >= 0.3 is 11.9 Å². The summed E-state index contributed by atoms with van der Waals surface area (Å²) in [7, 11) is 0. The molecular formula is C32H41Cl3N4O8. The van der Waals surface area contributed by atoms with E-state index in [9.17, 15) is 28.8 Å². The van der Waals surface area contributed by atoms with E-state index in [0.29, 0.717) is 25.1 Å². The fraction of sp³-hybridized carbons (Fsp3) is 0.438. The number of benzene rings is 2. The molecule has 1 aliphatic rings. The molecule has 0 aromatic heterocycles. The van der Waals surface area contributed by atoms with Crippen LogP contribution < -0.4 is 16.0 Å². The summed E-state index contributed by atoms with van der Waals surface area (Å²) in [6, 6.07) is 16.9. The number of alkyl halides is 3. The van der Waals surface area contributed by atoms with Crippen LogP contribution in [0, 0.1) is 0 Å². The zero-order valence-electron chi connectivity index (χ0n) is 26.4. The first-order valence-corrected chi connectivity index (χ1v) is 16.1. The molecule has 4 amide bonds. The highest BCUT2D eigenvalue weighted by molar-refractivity contribution is 6.75. The van der Waals surface area contributed by atoms with Gasteiger partial charge in [0.25, 0.3) is 9.70 Å². The molecule has 15 heteroatoms. The minimum Gasteiger partial charge on any atom is -0.481 e. The third kappa shape index (κ3) is 13.0. The molecule has 1 aliphatic heterocycles. The third-order valence-corrected chi connectivity index (χ3v) is 7.38. The topological polar surface area (TPSA) is 182 Å². The number of rotatable bonds is 12. The first kappa shape index (κ1) is 41.2. The van der Waals surface area contributed by atoms with Crippen LogP contribution in [-0.4, -0.2) is 80.3 Å². The van der Waals surface area contributed by atoms with Crippen molar-refractivity contribution in [2.24, 2.45) is 0 Å². The standard InChI is InChI=1S/C18H26N2O4.C12H14N2O2.C2HCl3O2/c1-3-12-20(13-4-2)18(24)15(10-11-16(21)22)19-17(23)14-8-6-5-7-9-14;1-2-12(9-6-4-3-5-7-9)10(15)13-8-14-11(12)16;3-2(4,5)1(6)7/h5-9,15H,3-4,10-13H2,1-2H3,(H,19,23)(H,21,22);3-7H,2,8H2,1H3,(H,13,15)(H,14,16);(H,6,7). The van der Waals surface area contributed by atoms with Crippen molar-refractivity contribution in [1.82, 2.24) is 20.9 Å². The van der Waals surface area contributed by atoms with E-state index >= 15 is 0 Å². The van der Waals surface area contributed by atoms with Gasteiger partial charge in [0.1, 0.15) is 6.04 Å². The fourth-order valence-corrected chi connectivity index (χ4v) is 4.57. The Bertz CT molecular complexity index is 1320. The second-order valence-corrected chi connectivity index (χ2v) is 12.5. The molecule has 0 bridgehead atoms. The van der Waals surface area contributed by atoms with Crippen molar-refractivity contribution in [3.8, 4) is 0 Å². The number of hydrogen-bond acceptors (Lipinski definition) is 6. The average molecular weight is 716 g/mol. The number of halogens is 3. The Morgan fingerprint density at radius 3 is 1.74 bits per heavy atom. The van der Waals surface area contributed by atoms with Gasteiger partial charge in [-0.05, 0) is 43.4 Å². The summed E-state index contributed by atoms with van der Waals surface area (Å²) in [6.07, 6.45) is 1.98. The number of nitrogens with zero attached hydrogens (tertiary/aromatic N) is 1. The lowest BCUT2D eigenvalue weighted by Gasteiger charge is -2.34. The average Bonchev–Trinajstić information content (AvgIpc) is 3.04. The molecule has 1 fully saturated rings. The Balaban J connectivity index is 0.000000409. The van der Waals surface area contributed by atoms with Crippen molar-refractivity contribution >= 4 is 70.4 Å².